The van der Waals surface area contributed by atoms with E-state index in [9.17, 15) is 4.79 Å². The van der Waals surface area contributed by atoms with Crippen molar-refractivity contribution < 1.29 is 9.53 Å². The average Bonchev–Trinajstić information content (AvgIpc) is 2.79. The summed E-state index contributed by atoms with van der Waals surface area (Å²) in [6.45, 7) is 5.39. The van der Waals surface area contributed by atoms with Crippen molar-refractivity contribution in [3.05, 3.63) is 46.8 Å². The minimum Gasteiger partial charge on any atom is -0.493 e. The van der Waals surface area contributed by atoms with Gasteiger partial charge in [-0.25, -0.2) is 0 Å². The SMILES string of the molecule is Cc1n[nH]c(C)c1CCC(=O)NC[C@H]1CCOc2ccccc2C1. The minimum atomic E-state index is 0.105. The molecule has 5 heteroatoms. The van der Waals surface area contributed by atoms with Gasteiger partial charge in [-0.1, -0.05) is 18.2 Å². The molecule has 1 amide bonds. The van der Waals surface area contributed by atoms with Crippen LogP contribution in [0.1, 0.15) is 35.4 Å². The summed E-state index contributed by atoms with van der Waals surface area (Å²) in [5.74, 6) is 1.51. The number of hydrogen-bond acceptors (Lipinski definition) is 3. The van der Waals surface area contributed by atoms with Crippen LogP contribution >= 0.6 is 0 Å². The molecule has 0 bridgehead atoms. The highest BCUT2D eigenvalue weighted by atomic mass is 16.5. The molecule has 0 spiro atoms. The van der Waals surface area contributed by atoms with Crippen LogP contribution in [0.4, 0.5) is 0 Å². The van der Waals surface area contributed by atoms with Gasteiger partial charge in [0, 0.05) is 18.7 Å². The third kappa shape index (κ3) is 3.96. The van der Waals surface area contributed by atoms with E-state index in [2.05, 4.69) is 21.6 Å². The predicted molar refractivity (Wildman–Crippen MR) is 93.1 cm³/mol. The number of aromatic amines is 1. The van der Waals surface area contributed by atoms with E-state index in [4.69, 9.17) is 4.74 Å². The first kappa shape index (κ1) is 16.6. The second-order valence-electron chi connectivity index (χ2n) is 6.53. The highest BCUT2D eigenvalue weighted by Crippen LogP contribution is 2.26. The van der Waals surface area contributed by atoms with Crippen molar-refractivity contribution in [3.63, 3.8) is 0 Å². The maximum Gasteiger partial charge on any atom is 0.220 e. The zero-order valence-corrected chi connectivity index (χ0v) is 14.4. The topological polar surface area (TPSA) is 67.0 Å². The Kier molecular flexibility index (Phi) is 5.18. The molecule has 3 rings (SSSR count). The number of aromatic nitrogens is 2. The van der Waals surface area contributed by atoms with Gasteiger partial charge in [-0.15, -0.1) is 0 Å². The zero-order valence-electron chi connectivity index (χ0n) is 14.4. The second kappa shape index (κ2) is 7.51. The van der Waals surface area contributed by atoms with Gasteiger partial charge in [0.2, 0.25) is 5.91 Å². The first-order valence-corrected chi connectivity index (χ1v) is 8.61. The Morgan fingerprint density at radius 3 is 3.00 bits per heavy atom. The van der Waals surface area contributed by atoms with Gasteiger partial charge >= 0.3 is 0 Å². The Balaban J connectivity index is 1.48. The number of nitrogens with zero attached hydrogens (tertiary/aromatic N) is 1. The number of aryl methyl sites for hydroxylation is 2. The molecular formula is C19H25N3O2. The molecule has 1 aliphatic rings. The van der Waals surface area contributed by atoms with Gasteiger partial charge in [0.25, 0.3) is 0 Å². The Morgan fingerprint density at radius 2 is 2.21 bits per heavy atom. The molecule has 128 valence electrons. The Morgan fingerprint density at radius 1 is 1.38 bits per heavy atom. The van der Waals surface area contributed by atoms with Gasteiger partial charge in [-0.3, -0.25) is 9.89 Å². The van der Waals surface area contributed by atoms with E-state index < -0.39 is 0 Å². The van der Waals surface area contributed by atoms with E-state index >= 15 is 0 Å². The molecule has 0 unspecified atom stereocenters. The maximum absolute atomic E-state index is 12.2. The summed E-state index contributed by atoms with van der Waals surface area (Å²) in [6, 6.07) is 8.17. The van der Waals surface area contributed by atoms with Crippen molar-refractivity contribution in [2.75, 3.05) is 13.2 Å². The predicted octanol–water partition coefficient (Wildman–Crippen LogP) is 2.72. The van der Waals surface area contributed by atoms with Crippen LogP contribution in [0, 0.1) is 19.8 Å². The van der Waals surface area contributed by atoms with Crippen LogP contribution in [0.25, 0.3) is 0 Å². The number of amides is 1. The minimum absolute atomic E-state index is 0.105. The molecule has 1 aromatic carbocycles. The lowest BCUT2D eigenvalue weighted by atomic mass is 9.97. The van der Waals surface area contributed by atoms with Gasteiger partial charge in [0.15, 0.2) is 0 Å². The molecule has 0 aliphatic carbocycles. The Labute approximate surface area is 142 Å². The number of nitrogens with one attached hydrogen (secondary N) is 2. The Hall–Kier alpha value is -2.30. The number of benzene rings is 1. The van der Waals surface area contributed by atoms with Crippen LogP contribution < -0.4 is 10.1 Å². The smallest absolute Gasteiger partial charge is 0.220 e. The van der Waals surface area contributed by atoms with E-state index in [-0.39, 0.29) is 5.91 Å². The van der Waals surface area contributed by atoms with Crippen LogP contribution in [-0.2, 0) is 17.6 Å². The summed E-state index contributed by atoms with van der Waals surface area (Å²) in [5, 5.41) is 10.2. The van der Waals surface area contributed by atoms with E-state index in [1.54, 1.807) is 0 Å². The molecule has 0 fully saturated rings. The van der Waals surface area contributed by atoms with Crippen LogP contribution in [0.5, 0.6) is 5.75 Å². The van der Waals surface area contributed by atoms with Crippen LogP contribution in [0.2, 0.25) is 0 Å². The molecule has 0 saturated carbocycles. The highest BCUT2D eigenvalue weighted by Gasteiger charge is 2.18. The fourth-order valence-electron chi connectivity index (χ4n) is 3.26. The fraction of sp³-hybridized carbons (Fsp3) is 0.474. The normalized spacial score (nSPS) is 16.8. The van der Waals surface area contributed by atoms with Gasteiger partial charge in [0.1, 0.15) is 5.75 Å². The van der Waals surface area contributed by atoms with Gasteiger partial charge in [0.05, 0.1) is 12.3 Å². The fourth-order valence-corrected chi connectivity index (χ4v) is 3.26. The summed E-state index contributed by atoms with van der Waals surface area (Å²) >= 11 is 0. The third-order valence-corrected chi connectivity index (χ3v) is 4.74. The highest BCUT2D eigenvalue weighted by molar-refractivity contribution is 5.76. The molecule has 24 heavy (non-hydrogen) atoms. The van der Waals surface area contributed by atoms with Crippen molar-refractivity contribution in [2.24, 2.45) is 5.92 Å². The molecule has 2 heterocycles. The Bertz CT molecular complexity index is 689. The summed E-state index contributed by atoms with van der Waals surface area (Å²) in [7, 11) is 0. The van der Waals surface area contributed by atoms with Crippen molar-refractivity contribution in [1.82, 2.24) is 15.5 Å². The lowest BCUT2D eigenvalue weighted by Gasteiger charge is -2.14. The number of H-pyrrole nitrogens is 1. The van der Waals surface area contributed by atoms with Crippen molar-refractivity contribution >= 4 is 5.91 Å². The van der Waals surface area contributed by atoms with E-state index in [0.29, 0.717) is 25.5 Å². The first-order valence-electron chi connectivity index (χ1n) is 8.61. The number of carbonyl (C=O) groups excluding carboxylic acids is 1. The molecule has 1 aromatic heterocycles. The number of ether oxygens (including phenoxy) is 1. The summed E-state index contributed by atoms with van der Waals surface area (Å²) < 4.78 is 5.79. The molecule has 0 radical (unpaired) electrons. The molecule has 2 aromatic rings. The lowest BCUT2D eigenvalue weighted by Crippen LogP contribution is -2.30. The third-order valence-electron chi connectivity index (χ3n) is 4.74. The van der Waals surface area contributed by atoms with E-state index in [1.807, 2.05) is 32.0 Å². The standard InChI is InChI=1S/C19H25N3O2/c1-13-17(14(2)22-21-13)7-8-19(23)20-12-15-9-10-24-18-6-4-3-5-16(18)11-15/h3-6,15H,7-12H2,1-2H3,(H,20,23)(H,21,22)/t15-/m0/s1. The van der Waals surface area contributed by atoms with Crippen LogP contribution in [0.15, 0.2) is 24.3 Å². The molecule has 2 N–H and O–H groups in total. The van der Waals surface area contributed by atoms with E-state index in [1.165, 1.54) is 5.56 Å². The van der Waals surface area contributed by atoms with Crippen molar-refractivity contribution in [1.29, 1.82) is 0 Å². The number of carbonyl (C=O) groups is 1. The largest absolute Gasteiger partial charge is 0.493 e. The molecule has 1 atom stereocenters. The van der Waals surface area contributed by atoms with Gasteiger partial charge in [-0.2, -0.15) is 5.10 Å². The summed E-state index contributed by atoms with van der Waals surface area (Å²) in [5.41, 5.74) is 4.43. The van der Waals surface area contributed by atoms with Gasteiger partial charge < -0.3 is 10.1 Å². The number of hydrogen-bond donors (Lipinski definition) is 2. The van der Waals surface area contributed by atoms with Crippen molar-refractivity contribution in [3.8, 4) is 5.75 Å². The summed E-state index contributed by atoms with van der Waals surface area (Å²) in [6.07, 6.45) is 3.16. The average molecular weight is 327 g/mol. The quantitative estimate of drug-likeness (QED) is 0.887. The second-order valence-corrected chi connectivity index (χ2v) is 6.53. The molecule has 0 saturated heterocycles. The zero-order chi connectivity index (χ0) is 16.9. The molecule has 1 aliphatic heterocycles. The number of fused-ring (bicyclic) bond motifs is 1. The van der Waals surface area contributed by atoms with Crippen LogP contribution in [-0.4, -0.2) is 29.3 Å². The molecular weight excluding hydrogens is 302 g/mol. The number of para-hydroxylation sites is 1. The van der Waals surface area contributed by atoms with Crippen molar-refractivity contribution in [2.45, 2.75) is 39.5 Å². The molecule has 5 nitrogen and oxygen atoms in total. The maximum atomic E-state index is 12.2. The van der Waals surface area contributed by atoms with Gasteiger partial charge in [-0.05, 0) is 56.2 Å². The van der Waals surface area contributed by atoms with Crippen LogP contribution in [0.3, 0.4) is 0 Å². The monoisotopic (exact) mass is 327 g/mol. The number of rotatable bonds is 5. The first-order chi connectivity index (χ1) is 11.6. The van der Waals surface area contributed by atoms with E-state index in [0.717, 1.165) is 42.0 Å². The summed E-state index contributed by atoms with van der Waals surface area (Å²) in [4.78, 5) is 12.2. The lowest BCUT2D eigenvalue weighted by molar-refractivity contribution is -0.121.